The quantitative estimate of drug-likeness (QED) is 0.689. The molecular weight excluding hydrogens is 176 g/mol. The normalized spacial score (nSPS) is 36.4. The standard InChI is InChI=1S/C12H20O2/c1-9-5-7-12(4,11(9,2)3)8-6-10(13)14/h6,8-9H,5,7H2,1-4H3,(H,13,14)/b8-6-/t9-,12-/m1/s1. The van der Waals surface area contributed by atoms with Crippen LogP contribution in [-0.4, -0.2) is 11.1 Å². The van der Waals surface area contributed by atoms with Gasteiger partial charge in [-0.3, -0.25) is 0 Å². The monoisotopic (exact) mass is 196 g/mol. The molecule has 0 radical (unpaired) electrons. The van der Waals surface area contributed by atoms with E-state index in [1.807, 2.05) is 6.08 Å². The third-order valence-electron chi connectivity index (χ3n) is 4.39. The molecule has 80 valence electrons. The van der Waals surface area contributed by atoms with Gasteiger partial charge < -0.3 is 5.11 Å². The summed E-state index contributed by atoms with van der Waals surface area (Å²) in [5, 5.41) is 8.64. The second-order valence-corrected chi connectivity index (χ2v) is 5.25. The maximum absolute atomic E-state index is 10.5. The minimum Gasteiger partial charge on any atom is -0.478 e. The molecule has 1 aliphatic rings. The number of aliphatic carboxylic acids is 1. The van der Waals surface area contributed by atoms with Gasteiger partial charge in [-0.15, -0.1) is 0 Å². The molecule has 0 aromatic heterocycles. The second kappa shape index (κ2) is 3.41. The molecule has 0 bridgehead atoms. The van der Waals surface area contributed by atoms with Crippen molar-refractivity contribution >= 4 is 5.97 Å². The van der Waals surface area contributed by atoms with Crippen LogP contribution in [0, 0.1) is 16.7 Å². The fourth-order valence-corrected chi connectivity index (χ4v) is 2.32. The molecule has 0 aromatic carbocycles. The van der Waals surface area contributed by atoms with Crippen LogP contribution in [0.3, 0.4) is 0 Å². The topological polar surface area (TPSA) is 37.3 Å². The molecule has 0 saturated heterocycles. The summed E-state index contributed by atoms with van der Waals surface area (Å²) < 4.78 is 0. The minimum absolute atomic E-state index is 0.0325. The van der Waals surface area contributed by atoms with Crippen LogP contribution in [0.5, 0.6) is 0 Å². The van der Waals surface area contributed by atoms with Crippen molar-refractivity contribution in [2.45, 2.75) is 40.5 Å². The molecule has 2 heteroatoms. The molecule has 0 heterocycles. The predicted molar refractivity (Wildman–Crippen MR) is 57.1 cm³/mol. The van der Waals surface area contributed by atoms with Gasteiger partial charge in [0.15, 0.2) is 0 Å². The fourth-order valence-electron chi connectivity index (χ4n) is 2.32. The van der Waals surface area contributed by atoms with E-state index < -0.39 is 5.97 Å². The van der Waals surface area contributed by atoms with Gasteiger partial charge in [0, 0.05) is 6.08 Å². The van der Waals surface area contributed by atoms with E-state index in [0.29, 0.717) is 5.92 Å². The van der Waals surface area contributed by atoms with Gasteiger partial charge in [-0.05, 0) is 29.6 Å². The lowest BCUT2D eigenvalue weighted by Gasteiger charge is -2.38. The number of carboxylic acids is 1. The minimum atomic E-state index is -0.846. The van der Waals surface area contributed by atoms with Crippen molar-refractivity contribution in [2.75, 3.05) is 0 Å². The zero-order valence-corrected chi connectivity index (χ0v) is 9.50. The molecule has 1 rings (SSSR count). The molecular formula is C12H20O2. The largest absolute Gasteiger partial charge is 0.478 e. The van der Waals surface area contributed by atoms with Crippen LogP contribution in [0.2, 0.25) is 0 Å². The highest BCUT2D eigenvalue weighted by Gasteiger charge is 2.47. The predicted octanol–water partition coefficient (Wildman–Crippen LogP) is 3.09. The smallest absolute Gasteiger partial charge is 0.327 e. The Morgan fingerprint density at radius 3 is 2.36 bits per heavy atom. The van der Waals surface area contributed by atoms with E-state index in [2.05, 4.69) is 27.7 Å². The Labute approximate surface area is 86.0 Å². The Bertz CT molecular complexity index is 265. The molecule has 0 amide bonds. The first kappa shape index (κ1) is 11.3. The van der Waals surface area contributed by atoms with E-state index >= 15 is 0 Å². The number of rotatable bonds is 2. The Balaban J connectivity index is 2.90. The van der Waals surface area contributed by atoms with Crippen molar-refractivity contribution in [3.8, 4) is 0 Å². The third kappa shape index (κ3) is 1.70. The van der Waals surface area contributed by atoms with E-state index in [0.717, 1.165) is 6.42 Å². The third-order valence-corrected chi connectivity index (χ3v) is 4.39. The first-order chi connectivity index (χ1) is 6.29. The van der Waals surface area contributed by atoms with Crippen LogP contribution < -0.4 is 0 Å². The van der Waals surface area contributed by atoms with Gasteiger partial charge in [0.05, 0.1) is 0 Å². The summed E-state index contributed by atoms with van der Waals surface area (Å²) in [6.07, 6.45) is 5.44. The number of hydrogen-bond acceptors (Lipinski definition) is 1. The Morgan fingerprint density at radius 1 is 1.43 bits per heavy atom. The van der Waals surface area contributed by atoms with Gasteiger partial charge in [0.2, 0.25) is 0 Å². The van der Waals surface area contributed by atoms with E-state index in [1.165, 1.54) is 12.5 Å². The Kier molecular flexibility index (Phi) is 2.75. The first-order valence-electron chi connectivity index (χ1n) is 5.22. The van der Waals surface area contributed by atoms with Crippen molar-refractivity contribution in [3.63, 3.8) is 0 Å². The summed E-state index contributed by atoms with van der Waals surface area (Å²) in [4.78, 5) is 10.5. The van der Waals surface area contributed by atoms with Gasteiger partial charge >= 0.3 is 5.97 Å². The number of hydrogen-bond donors (Lipinski definition) is 1. The number of carboxylic acid groups (broad SMARTS) is 1. The van der Waals surface area contributed by atoms with Gasteiger partial charge in [-0.2, -0.15) is 0 Å². The van der Waals surface area contributed by atoms with E-state index in [4.69, 9.17) is 5.11 Å². The second-order valence-electron chi connectivity index (χ2n) is 5.25. The fraction of sp³-hybridized carbons (Fsp3) is 0.750. The summed E-state index contributed by atoms with van der Waals surface area (Å²) in [6, 6.07) is 0. The molecule has 1 saturated carbocycles. The van der Waals surface area contributed by atoms with Gasteiger partial charge in [-0.1, -0.05) is 33.8 Å². The lowest BCUT2D eigenvalue weighted by atomic mass is 9.66. The highest BCUT2D eigenvalue weighted by molar-refractivity contribution is 5.79. The Morgan fingerprint density at radius 2 is 2.00 bits per heavy atom. The van der Waals surface area contributed by atoms with E-state index in [1.54, 1.807) is 0 Å². The maximum atomic E-state index is 10.5. The molecule has 2 nitrogen and oxygen atoms in total. The molecule has 1 aliphatic carbocycles. The molecule has 1 N–H and O–H groups in total. The lowest BCUT2D eigenvalue weighted by molar-refractivity contribution is -0.131. The first-order valence-corrected chi connectivity index (χ1v) is 5.22. The van der Waals surface area contributed by atoms with Crippen LogP contribution in [0.15, 0.2) is 12.2 Å². The van der Waals surface area contributed by atoms with Crippen molar-refractivity contribution in [1.82, 2.24) is 0 Å². The zero-order chi connectivity index (χ0) is 11.0. The molecule has 0 aliphatic heterocycles. The highest BCUT2D eigenvalue weighted by Crippen LogP contribution is 2.56. The molecule has 2 atom stereocenters. The molecule has 1 fully saturated rings. The molecule has 0 spiro atoms. The highest BCUT2D eigenvalue weighted by atomic mass is 16.4. The Hall–Kier alpha value is -0.790. The molecule has 0 unspecified atom stereocenters. The van der Waals surface area contributed by atoms with E-state index in [-0.39, 0.29) is 10.8 Å². The molecule has 14 heavy (non-hydrogen) atoms. The maximum Gasteiger partial charge on any atom is 0.327 e. The average Bonchev–Trinajstić information content (AvgIpc) is 2.27. The summed E-state index contributed by atoms with van der Waals surface area (Å²) in [5.74, 6) is -0.187. The summed E-state index contributed by atoms with van der Waals surface area (Å²) >= 11 is 0. The molecule has 0 aromatic rings. The van der Waals surface area contributed by atoms with Crippen LogP contribution in [0.4, 0.5) is 0 Å². The van der Waals surface area contributed by atoms with Crippen LogP contribution in [0.25, 0.3) is 0 Å². The van der Waals surface area contributed by atoms with Crippen LogP contribution in [-0.2, 0) is 4.79 Å². The van der Waals surface area contributed by atoms with Crippen molar-refractivity contribution < 1.29 is 9.90 Å². The zero-order valence-electron chi connectivity index (χ0n) is 9.50. The lowest BCUT2D eigenvalue weighted by Crippen LogP contribution is -2.31. The number of allylic oxidation sites excluding steroid dienone is 1. The SMILES string of the molecule is C[C@@H]1CC[C@](C)(/C=C\C(=O)O)C1(C)C. The van der Waals surface area contributed by atoms with Crippen molar-refractivity contribution in [3.05, 3.63) is 12.2 Å². The average molecular weight is 196 g/mol. The van der Waals surface area contributed by atoms with Gasteiger partial charge in [-0.25, -0.2) is 4.79 Å². The summed E-state index contributed by atoms with van der Waals surface area (Å²) in [6.45, 7) is 8.88. The van der Waals surface area contributed by atoms with Crippen LogP contribution in [0.1, 0.15) is 40.5 Å². The van der Waals surface area contributed by atoms with Crippen molar-refractivity contribution in [1.29, 1.82) is 0 Å². The van der Waals surface area contributed by atoms with Crippen LogP contribution >= 0.6 is 0 Å². The van der Waals surface area contributed by atoms with E-state index in [9.17, 15) is 4.79 Å². The summed E-state index contributed by atoms with van der Waals surface area (Å²) in [7, 11) is 0. The van der Waals surface area contributed by atoms with Gasteiger partial charge in [0.25, 0.3) is 0 Å². The number of carbonyl (C=O) groups is 1. The summed E-state index contributed by atoms with van der Waals surface area (Å²) in [5.41, 5.74) is 0.226. The van der Waals surface area contributed by atoms with Crippen molar-refractivity contribution in [2.24, 2.45) is 16.7 Å². The van der Waals surface area contributed by atoms with Gasteiger partial charge in [0.1, 0.15) is 0 Å².